The quantitative estimate of drug-likeness (QED) is 0.887. The monoisotopic (exact) mass is 247 g/mol. The summed E-state index contributed by atoms with van der Waals surface area (Å²) in [6.07, 6.45) is 8.47. The van der Waals surface area contributed by atoms with E-state index in [1.54, 1.807) is 0 Å². The zero-order chi connectivity index (χ0) is 13.0. The second kappa shape index (κ2) is 6.19. The first-order valence-corrected chi connectivity index (χ1v) is 7.18. The standard InChI is InChI=1S/C15H25N3/c1-3-4-8-18-9-6-5-7-14(18)13-11-17-15(16)10-12(13)2/h10-11,14H,3-9H2,1-2H3,(H2,16,17)/t14-/m0/s1. The predicted molar refractivity (Wildman–Crippen MR) is 76.5 cm³/mol. The molecule has 0 bridgehead atoms. The molecule has 2 rings (SSSR count). The largest absolute Gasteiger partial charge is 0.384 e. The molecule has 1 saturated heterocycles. The molecule has 1 atom stereocenters. The molecule has 18 heavy (non-hydrogen) atoms. The number of aryl methyl sites for hydroxylation is 1. The Morgan fingerprint density at radius 1 is 1.44 bits per heavy atom. The van der Waals surface area contributed by atoms with Crippen LogP contribution in [0.5, 0.6) is 0 Å². The number of hydrogen-bond acceptors (Lipinski definition) is 3. The lowest BCUT2D eigenvalue weighted by Gasteiger charge is -2.36. The van der Waals surface area contributed by atoms with Crippen molar-refractivity contribution in [3.05, 3.63) is 23.4 Å². The number of piperidine rings is 1. The van der Waals surface area contributed by atoms with Crippen molar-refractivity contribution in [3.63, 3.8) is 0 Å². The fraction of sp³-hybridized carbons (Fsp3) is 0.667. The summed E-state index contributed by atoms with van der Waals surface area (Å²) >= 11 is 0. The van der Waals surface area contributed by atoms with E-state index in [0.717, 1.165) is 0 Å². The molecule has 3 heteroatoms. The number of rotatable bonds is 4. The van der Waals surface area contributed by atoms with Crippen LogP contribution in [0.4, 0.5) is 5.82 Å². The summed E-state index contributed by atoms with van der Waals surface area (Å²) in [5.41, 5.74) is 8.41. The van der Waals surface area contributed by atoms with Gasteiger partial charge in [0.2, 0.25) is 0 Å². The summed E-state index contributed by atoms with van der Waals surface area (Å²) in [6.45, 7) is 6.86. The Labute approximate surface area is 110 Å². The Balaban J connectivity index is 2.16. The van der Waals surface area contributed by atoms with Gasteiger partial charge in [-0.3, -0.25) is 4.90 Å². The van der Waals surface area contributed by atoms with Crippen molar-refractivity contribution in [2.24, 2.45) is 0 Å². The van der Waals surface area contributed by atoms with Crippen molar-refractivity contribution < 1.29 is 0 Å². The number of hydrogen-bond donors (Lipinski definition) is 1. The molecule has 3 nitrogen and oxygen atoms in total. The molecule has 1 aromatic heterocycles. The highest BCUT2D eigenvalue weighted by Crippen LogP contribution is 2.32. The highest BCUT2D eigenvalue weighted by atomic mass is 15.2. The first-order chi connectivity index (χ1) is 8.72. The van der Waals surface area contributed by atoms with E-state index in [1.807, 2.05) is 12.3 Å². The van der Waals surface area contributed by atoms with E-state index in [4.69, 9.17) is 5.73 Å². The second-order valence-electron chi connectivity index (χ2n) is 5.37. The number of nitrogens with zero attached hydrogens (tertiary/aromatic N) is 2. The topological polar surface area (TPSA) is 42.2 Å². The van der Waals surface area contributed by atoms with Crippen LogP contribution < -0.4 is 5.73 Å². The maximum atomic E-state index is 5.75. The van der Waals surface area contributed by atoms with Crippen molar-refractivity contribution in [1.82, 2.24) is 9.88 Å². The maximum Gasteiger partial charge on any atom is 0.123 e. The average Bonchev–Trinajstić information content (AvgIpc) is 2.37. The Bertz CT molecular complexity index is 389. The number of anilines is 1. The lowest BCUT2D eigenvalue weighted by molar-refractivity contribution is 0.146. The van der Waals surface area contributed by atoms with E-state index in [1.165, 1.54) is 56.3 Å². The molecule has 1 aliphatic rings. The average molecular weight is 247 g/mol. The minimum Gasteiger partial charge on any atom is -0.384 e. The Morgan fingerprint density at radius 3 is 3.00 bits per heavy atom. The van der Waals surface area contributed by atoms with Crippen LogP contribution >= 0.6 is 0 Å². The van der Waals surface area contributed by atoms with Gasteiger partial charge in [0.1, 0.15) is 5.82 Å². The third-order valence-electron chi connectivity index (χ3n) is 3.94. The van der Waals surface area contributed by atoms with Crippen LogP contribution in [0.25, 0.3) is 0 Å². The van der Waals surface area contributed by atoms with E-state index in [-0.39, 0.29) is 0 Å². The number of pyridine rings is 1. The van der Waals surface area contributed by atoms with Crippen LogP contribution in [0.15, 0.2) is 12.3 Å². The molecule has 2 N–H and O–H groups in total. The lowest BCUT2D eigenvalue weighted by atomic mass is 9.93. The first-order valence-electron chi connectivity index (χ1n) is 7.18. The fourth-order valence-corrected chi connectivity index (χ4v) is 2.91. The summed E-state index contributed by atoms with van der Waals surface area (Å²) in [5.74, 6) is 0.632. The SMILES string of the molecule is CCCCN1CCCC[C@H]1c1cnc(N)cc1C. The molecule has 0 aromatic carbocycles. The highest BCUT2D eigenvalue weighted by Gasteiger charge is 2.24. The van der Waals surface area contributed by atoms with Gasteiger partial charge in [0.25, 0.3) is 0 Å². The third kappa shape index (κ3) is 3.02. The van der Waals surface area contributed by atoms with Crippen molar-refractivity contribution >= 4 is 5.82 Å². The minimum atomic E-state index is 0.554. The smallest absolute Gasteiger partial charge is 0.123 e. The number of unbranched alkanes of at least 4 members (excludes halogenated alkanes) is 1. The molecule has 1 aromatic rings. The van der Waals surface area contributed by atoms with Crippen LogP contribution in [0.3, 0.4) is 0 Å². The number of aromatic nitrogens is 1. The molecular formula is C15H25N3. The molecule has 0 unspecified atom stereocenters. The van der Waals surface area contributed by atoms with Gasteiger partial charge in [0.05, 0.1) is 0 Å². The molecule has 2 heterocycles. The number of nitrogens with two attached hydrogens (primary N) is 1. The van der Waals surface area contributed by atoms with E-state index in [9.17, 15) is 0 Å². The van der Waals surface area contributed by atoms with Gasteiger partial charge in [-0.1, -0.05) is 19.8 Å². The fourth-order valence-electron chi connectivity index (χ4n) is 2.91. The normalized spacial score (nSPS) is 21.1. The second-order valence-corrected chi connectivity index (χ2v) is 5.37. The molecule has 0 radical (unpaired) electrons. The van der Waals surface area contributed by atoms with Gasteiger partial charge in [0, 0.05) is 12.2 Å². The summed E-state index contributed by atoms with van der Waals surface area (Å²) in [7, 11) is 0. The molecule has 0 aliphatic carbocycles. The van der Waals surface area contributed by atoms with Gasteiger partial charge in [0.15, 0.2) is 0 Å². The molecular weight excluding hydrogens is 222 g/mol. The molecule has 1 fully saturated rings. The van der Waals surface area contributed by atoms with Crippen molar-refractivity contribution in [3.8, 4) is 0 Å². The van der Waals surface area contributed by atoms with Crippen molar-refractivity contribution in [1.29, 1.82) is 0 Å². The summed E-state index contributed by atoms with van der Waals surface area (Å²) in [4.78, 5) is 6.91. The van der Waals surface area contributed by atoms with E-state index >= 15 is 0 Å². The summed E-state index contributed by atoms with van der Waals surface area (Å²) in [5, 5.41) is 0. The van der Waals surface area contributed by atoms with E-state index in [0.29, 0.717) is 11.9 Å². The van der Waals surface area contributed by atoms with Gasteiger partial charge in [-0.2, -0.15) is 0 Å². The van der Waals surface area contributed by atoms with Crippen LogP contribution in [0.2, 0.25) is 0 Å². The lowest BCUT2D eigenvalue weighted by Crippen LogP contribution is -2.34. The van der Waals surface area contributed by atoms with Gasteiger partial charge in [-0.25, -0.2) is 4.98 Å². The first kappa shape index (κ1) is 13.3. The summed E-state index contributed by atoms with van der Waals surface area (Å²) < 4.78 is 0. The Kier molecular flexibility index (Phi) is 4.59. The zero-order valence-electron chi connectivity index (χ0n) is 11.7. The maximum absolute atomic E-state index is 5.75. The Morgan fingerprint density at radius 2 is 2.28 bits per heavy atom. The van der Waals surface area contributed by atoms with E-state index < -0.39 is 0 Å². The summed E-state index contributed by atoms with van der Waals surface area (Å²) in [6, 6.07) is 2.56. The molecule has 100 valence electrons. The number of nitrogen functional groups attached to an aromatic ring is 1. The van der Waals surface area contributed by atoms with Crippen LogP contribution in [0, 0.1) is 6.92 Å². The van der Waals surface area contributed by atoms with Crippen molar-refractivity contribution in [2.75, 3.05) is 18.8 Å². The molecule has 0 amide bonds. The Hall–Kier alpha value is -1.09. The van der Waals surface area contributed by atoms with Gasteiger partial charge in [-0.05, 0) is 56.5 Å². The van der Waals surface area contributed by atoms with Crippen LogP contribution in [0.1, 0.15) is 56.2 Å². The highest BCUT2D eigenvalue weighted by molar-refractivity contribution is 5.37. The predicted octanol–water partition coefficient (Wildman–Crippen LogP) is 3.30. The van der Waals surface area contributed by atoms with Crippen LogP contribution in [-0.2, 0) is 0 Å². The molecule has 0 spiro atoms. The molecule has 1 aliphatic heterocycles. The van der Waals surface area contributed by atoms with Crippen LogP contribution in [-0.4, -0.2) is 23.0 Å². The van der Waals surface area contributed by atoms with Gasteiger partial charge in [-0.15, -0.1) is 0 Å². The molecule has 0 saturated carbocycles. The zero-order valence-corrected chi connectivity index (χ0v) is 11.7. The minimum absolute atomic E-state index is 0.554. The third-order valence-corrected chi connectivity index (χ3v) is 3.94. The van der Waals surface area contributed by atoms with E-state index in [2.05, 4.69) is 23.7 Å². The van der Waals surface area contributed by atoms with Crippen molar-refractivity contribution in [2.45, 2.75) is 52.0 Å². The number of likely N-dealkylation sites (tertiary alicyclic amines) is 1. The van der Waals surface area contributed by atoms with Gasteiger partial charge < -0.3 is 5.73 Å². The van der Waals surface area contributed by atoms with Gasteiger partial charge >= 0.3 is 0 Å².